The lowest BCUT2D eigenvalue weighted by molar-refractivity contribution is 0.473. The van der Waals surface area contributed by atoms with Crippen molar-refractivity contribution in [2.75, 3.05) is 5.88 Å². The molecule has 1 rings (SSSR count). The smallest absolute Gasteiger partial charge is 0.131 e. The number of alkyl halides is 1. The molecule has 0 atom stereocenters. The van der Waals surface area contributed by atoms with E-state index in [1.807, 2.05) is 6.07 Å². The molecule has 0 aliphatic carbocycles. The Hall–Kier alpha value is -1.13. The number of phenolic OH excluding ortho intramolecular Hbond substituents is 1. The van der Waals surface area contributed by atoms with Gasteiger partial charge in [-0.2, -0.15) is 0 Å². The summed E-state index contributed by atoms with van der Waals surface area (Å²) in [5.74, 6) is 6.43. The highest BCUT2D eigenvalue weighted by Crippen LogP contribution is 2.13. The van der Waals surface area contributed by atoms with Gasteiger partial charge in [-0.1, -0.05) is 24.0 Å². The minimum Gasteiger partial charge on any atom is -0.507 e. The van der Waals surface area contributed by atoms with Gasteiger partial charge in [0.05, 0.1) is 5.56 Å². The SMILES string of the molecule is Oc1ccccc1C#CCCCl. The van der Waals surface area contributed by atoms with Crippen molar-refractivity contribution >= 4 is 11.6 Å². The van der Waals surface area contributed by atoms with E-state index < -0.39 is 0 Å². The molecule has 0 aromatic heterocycles. The second-order valence-corrected chi connectivity index (χ2v) is 2.64. The molecule has 0 heterocycles. The molecule has 0 aliphatic rings. The van der Waals surface area contributed by atoms with Crippen LogP contribution in [0.4, 0.5) is 0 Å². The molecule has 12 heavy (non-hydrogen) atoms. The van der Waals surface area contributed by atoms with Crippen LogP contribution < -0.4 is 0 Å². The molecule has 1 nitrogen and oxygen atoms in total. The highest BCUT2D eigenvalue weighted by Gasteiger charge is 1.92. The van der Waals surface area contributed by atoms with E-state index in [1.165, 1.54) is 0 Å². The van der Waals surface area contributed by atoms with E-state index in [0.717, 1.165) is 0 Å². The Morgan fingerprint density at radius 1 is 1.33 bits per heavy atom. The molecule has 0 fully saturated rings. The second-order valence-electron chi connectivity index (χ2n) is 2.26. The van der Waals surface area contributed by atoms with Crippen molar-refractivity contribution in [1.29, 1.82) is 0 Å². The number of aromatic hydroxyl groups is 1. The van der Waals surface area contributed by atoms with Crippen LogP contribution in [-0.2, 0) is 0 Å². The number of halogens is 1. The molecule has 0 aliphatic heterocycles. The number of hydrogen-bond donors (Lipinski definition) is 1. The summed E-state index contributed by atoms with van der Waals surface area (Å²) in [7, 11) is 0. The van der Waals surface area contributed by atoms with Crippen LogP contribution >= 0.6 is 11.6 Å². The van der Waals surface area contributed by atoms with E-state index in [-0.39, 0.29) is 5.75 Å². The van der Waals surface area contributed by atoms with E-state index in [9.17, 15) is 5.11 Å². The van der Waals surface area contributed by atoms with Gasteiger partial charge in [0.1, 0.15) is 5.75 Å². The number of hydrogen-bond acceptors (Lipinski definition) is 1. The largest absolute Gasteiger partial charge is 0.507 e. The van der Waals surface area contributed by atoms with Gasteiger partial charge >= 0.3 is 0 Å². The van der Waals surface area contributed by atoms with E-state index in [4.69, 9.17) is 11.6 Å². The fourth-order valence-electron chi connectivity index (χ4n) is 0.784. The topological polar surface area (TPSA) is 20.2 Å². The summed E-state index contributed by atoms with van der Waals surface area (Å²) in [6.45, 7) is 0. The summed E-state index contributed by atoms with van der Waals surface area (Å²) in [4.78, 5) is 0. The molecule has 2 heteroatoms. The molecular weight excluding hydrogens is 172 g/mol. The minimum atomic E-state index is 0.222. The molecular formula is C10H9ClO. The summed E-state index contributed by atoms with van der Waals surface area (Å²) < 4.78 is 0. The number of phenols is 1. The maximum Gasteiger partial charge on any atom is 0.131 e. The van der Waals surface area contributed by atoms with Crippen LogP contribution in [0.1, 0.15) is 12.0 Å². The lowest BCUT2D eigenvalue weighted by atomic mass is 10.2. The molecule has 62 valence electrons. The monoisotopic (exact) mass is 180 g/mol. The number of rotatable bonds is 1. The van der Waals surface area contributed by atoms with Gasteiger partial charge in [-0.15, -0.1) is 11.6 Å². The Bertz CT molecular complexity index is 309. The van der Waals surface area contributed by atoms with E-state index in [0.29, 0.717) is 17.9 Å². The molecule has 0 bridgehead atoms. The van der Waals surface area contributed by atoms with Crippen molar-refractivity contribution in [1.82, 2.24) is 0 Å². The highest BCUT2D eigenvalue weighted by atomic mass is 35.5. The minimum absolute atomic E-state index is 0.222. The number of benzene rings is 1. The van der Waals surface area contributed by atoms with Crippen molar-refractivity contribution in [2.45, 2.75) is 6.42 Å². The van der Waals surface area contributed by atoms with Crippen LogP contribution in [0.15, 0.2) is 24.3 Å². The van der Waals surface area contributed by atoms with Crippen molar-refractivity contribution in [3.63, 3.8) is 0 Å². The van der Waals surface area contributed by atoms with Crippen LogP contribution in [0.3, 0.4) is 0 Å². The van der Waals surface area contributed by atoms with Crippen LogP contribution in [0.25, 0.3) is 0 Å². The summed E-state index contributed by atoms with van der Waals surface area (Å²) >= 11 is 5.44. The maximum atomic E-state index is 9.27. The Kier molecular flexibility index (Phi) is 3.50. The van der Waals surface area contributed by atoms with Crippen molar-refractivity contribution < 1.29 is 5.11 Å². The third kappa shape index (κ3) is 2.48. The Morgan fingerprint density at radius 3 is 2.75 bits per heavy atom. The van der Waals surface area contributed by atoms with Gasteiger partial charge in [-0.05, 0) is 12.1 Å². The molecule has 0 saturated carbocycles. The average Bonchev–Trinajstić information content (AvgIpc) is 2.09. The zero-order valence-electron chi connectivity index (χ0n) is 6.55. The molecule has 1 aromatic rings. The van der Waals surface area contributed by atoms with Crippen LogP contribution in [-0.4, -0.2) is 11.0 Å². The van der Waals surface area contributed by atoms with E-state index >= 15 is 0 Å². The second kappa shape index (κ2) is 4.69. The van der Waals surface area contributed by atoms with Gasteiger partial charge in [0.2, 0.25) is 0 Å². The zero-order chi connectivity index (χ0) is 8.81. The first kappa shape index (κ1) is 8.96. The van der Waals surface area contributed by atoms with Crippen molar-refractivity contribution in [3.05, 3.63) is 29.8 Å². The molecule has 1 N–H and O–H groups in total. The highest BCUT2D eigenvalue weighted by molar-refractivity contribution is 6.18. The standard InChI is InChI=1S/C10H9ClO/c11-8-4-3-6-9-5-1-2-7-10(9)12/h1-2,5,7,12H,4,8H2. The zero-order valence-corrected chi connectivity index (χ0v) is 7.30. The van der Waals surface area contributed by atoms with Gasteiger partial charge in [-0.25, -0.2) is 0 Å². The summed E-state index contributed by atoms with van der Waals surface area (Å²) in [5.41, 5.74) is 0.655. The van der Waals surface area contributed by atoms with Crippen LogP contribution in [0.5, 0.6) is 5.75 Å². The Morgan fingerprint density at radius 2 is 2.08 bits per heavy atom. The lowest BCUT2D eigenvalue weighted by Crippen LogP contribution is -1.75. The fraction of sp³-hybridized carbons (Fsp3) is 0.200. The third-order valence-corrected chi connectivity index (χ3v) is 1.54. The fourth-order valence-corrected chi connectivity index (χ4v) is 0.879. The number of para-hydroxylation sites is 1. The lowest BCUT2D eigenvalue weighted by Gasteiger charge is -1.92. The summed E-state index contributed by atoms with van der Waals surface area (Å²) in [6, 6.07) is 6.99. The normalized spacial score (nSPS) is 8.75. The molecule has 0 saturated heterocycles. The summed E-state index contributed by atoms with van der Waals surface area (Å²) in [6.07, 6.45) is 0.649. The predicted molar refractivity (Wildman–Crippen MR) is 50.3 cm³/mol. The van der Waals surface area contributed by atoms with Gasteiger partial charge < -0.3 is 5.11 Å². The quantitative estimate of drug-likeness (QED) is 0.520. The van der Waals surface area contributed by atoms with E-state index in [1.54, 1.807) is 18.2 Å². The van der Waals surface area contributed by atoms with Gasteiger partial charge in [-0.3, -0.25) is 0 Å². The van der Waals surface area contributed by atoms with Crippen molar-refractivity contribution in [3.8, 4) is 17.6 Å². The van der Waals surface area contributed by atoms with Gasteiger partial charge in [0, 0.05) is 12.3 Å². The molecule has 1 aromatic carbocycles. The predicted octanol–water partition coefficient (Wildman–Crippen LogP) is 2.37. The van der Waals surface area contributed by atoms with Gasteiger partial charge in [0.15, 0.2) is 0 Å². The average molecular weight is 181 g/mol. The molecule has 0 unspecified atom stereocenters. The third-order valence-electron chi connectivity index (χ3n) is 1.35. The first-order chi connectivity index (χ1) is 5.84. The first-order valence-electron chi connectivity index (χ1n) is 3.67. The van der Waals surface area contributed by atoms with Crippen LogP contribution in [0, 0.1) is 11.8 Å². The molecule has 0 amide bonds. The van der Waals surface area contributed by atoms with Crippen molar-refractivity contribution in [2.24, 2.45) is 0 Å². The van der Waals surface area contributed by atoms with E-state index in [2.05, 4.69) is 11.8 Å². The van der Waals surface area contributed by atoms with Gasteiger partial charge in [0.25, 0.3) is 0 Å². The Balaban J connectivity index is 2.77. The first-order valence-corrected chi connectivity index (χ1v) is 4.21. The summed E-state index contributed by atoms with van der Waals surface area (Å²) in [5, 5.41) is 9.27. The molecule has 0 radical (unpaired) electrons. The van der Waals surface area contributed by atoms with Crippen LogP contribution in [0.2, 0.25) is 0 Å². The Labute approximate surface area is 77.0 Å². The maximum absolute atomic E-state index is 9.27. The molecule has 0 spiro atoms.